The molecule has 0 amide bonds. The Morgan fingerprint density at radius 2 is 2.00 bits per heavy atom. The fraction of sp³-hybridized carbons (Fsp3) is 0.176. The van der Waals surface area contributed by atoms with E-state index in [2.05, 4.69) is 4.57 Å². The minimum absolute atomic E-state index is 0.704. The molecule has 3 aromatic rings. The van der Waals surface area contributed by atoms with Crippen molar-refractivity contribution in [3.05, 3.63) is 48.0 Å². The van der Waals surface area contributed by atoms with E-state index in [1.807, 2.05) is 49.5 Å². The molecule has 106 valence electrons. The zero-order valence-electron chi connectivity index (χ0n) is 11.8. The van der Waals surface area contributed by atoms with E-state index < -0.39 is 6.29 Å². The van der Waals surface area contributed by atoms with Gasteiger partial charge in [0.15, 0.2) is 0 Å². The lowest BCUT2D eigenvalue weighted by atomic mass is 10.0. The SMILES string of the molecule is COc1ccc2c(c1)c1c(n2C)-c2ccccc2OC1O. The minimum atomic E-state index is -0.967. The van der Waals surface area contributed by atoms with Crippen molar-refractivity contribution in [1.82, 2.24) is 4.57 Å². The number of nitrogens with zero attached hydrogens (tertiary/aromatic N) is 1. The number of rotatable bonds is 1. The third-order valence-electron chi connectivity index (χ3n) is 4.07. The lowest BCUT2D eigenvalue weighted by molar-refractivity contribution is -0.0202. The molecule has 0 spiro atoms. The predicted octanol–water partition coefficient (Wildman–Crippen LogP) is 3.24. The highest BCUT2D eigenvalue weighted by Crippen LogP contribution is 2.46. The van der Waals surface area contributed by atoms with Crippen LogP contribution >= 0.6 is 0 Å². The number of hydrogen-bond donors (Lipinski definition) is 1. The summed E-state index contributed by atoms with van der Waals surface area (Å²) in [5.74, 6) is 1.47. The number of aromatic nitrogens is 1. The third-order valence-corrected chi connectivity index (χ3v) is 4.07. The first-order valence-corrected chi connectivity index (χ1v) is 6.81. The van der Waals surface area contributed by atoms with Gasteiger partial charge in [0.25, 0.3) is 0 Å². The summed E-state index contributed by atoms with van der Waals surface area (Å²) >= 11 is 0. The van der Waals surface area contributed by atoms with Crippen LogP contribution in [0.5, 0.6) is 11.5 Å². The van der Waals surface area contributed by atoms with Crippen LogP contribution in [0.1, 0.15) is 11.9 Å². The van der Waals surface area contributed by atoms with E-state index in [0.717, 1.165) is 33.5 Å². The van der Waals surface area contributed by atoms with Gasteiger partial charge in [-0.05, 0) is 30.3 Å². The minimum Gasteiger partial charge on any atom is -0.497 e. The quantitative estimate of drug-likeness (QED) is 0.744. The van der Waals surface area contributed by atoms with Gasteiger partial charge in [0.05, 0.1) is 18.4 Å². The molecule has 2 aromatic carbocycles. The van der Waals surface area contributed by atoms with Crippen molar-refractivity contribution in [1.29, 1.82) is 0 Å². The molecule has 1 aliphatic heterocycles. The van der Waals surface area contributed by atoms with E-state index >= 15 is 0 Å². The second-order valence-corrected chi connectivity index (χ2v) is 5.17. The van der Waals surface area contributed by atoms with Gasteiger partial charge in [-0.3, -0.25) is 0 Å². The van der Waals surface area contributed by atoms with Gasteiger partial charge in [0.2, 0.25) is 6.29 Å². The maximum absolute atomic E-state index is 10.4. The highest BCUT2D eigenvalue weighted by atomic mass is 16.6. The van der Waals surface area contributed by atoms with Gasteiger partial charge >= 0.3 is 0 Å². The maximum atomic E-state index is 10.4. The molecule has 0 fully saturated rings. The van der Waals surface area contributed by atoms with Gasteiger partial charge in [-0.2, -0.15) is 0 Å². The van der Waals surface area contributed by atoms with E-state index in [0.29, 0.717) is 5.75 Å². The summed E-state index contributed by atoms with van der Waals surface area (Å²) in [4.78, 5) is 0. The first kappa shape index (κ1) is 12.3. The molecule has 21 heavy (non-hydrogen) atoms. The topological polar surface area (TPSA) is 43.6 Å². The van der Waals surface area contributed by atoms with Crippen molar-refractivity contribution in [3.8, 4) is 22.8 Å². The number of aliphatic hydroxyl groups excluding tert-OH is 1. The molecule has 4 heteroatoms. The molecule has 0 saturated heterocycles. The summed E-state index contributed by atoms with van der Waals surface area (Å²) in [5, 5.41) is 11.4. The highest BCUT2D eigenvalue weighted by molar-refractivity contribution is 5.94. The average molecular weight is 281 g/mol. The predicted molar refractivity (Wildman–Crippen MR) is 80.5 cm³/mol. The summed E-state index contributed by atoms with van der Waals surface area (Å²) < 4.78 is 13.0. The fourth-order valence-corrected chi connectivity index (χ4v) is 3.10. The lowest BCUT2D eigenvalue weighted by Gasteiger charge is -2.23. The van der Waals surface area contributed by atoms with Crippen LogP contribution in [-0.4, -0.2) is 16.8 Å². The number of methoxy groups -OCH3 is 1. The number of aryl methyl sites for hydroxylation is 1. The molecule has 1 aromatic heterocycles. The first-order chi connectivity index (χ1) is 10.2. The van der Waals surface area contributed by atoms with Gasteiger partial charge in [-0.15, -0.1) is 0 Å². The molecule has 0 radical (unpaired) electrons. The lowest BCUT2D eigenvalue weighted by Crippen LogP contribution is -2.13. The second kappa shape index (κ2) is 4.27. The van der Waals surface area contributed by atoms with Gasteiger partial charge in [-0.25, -0.2) is 0 Å². The van der Waals surface area contributed by atoms with E-state index in [9.17, 15) is 5.11 Å². The number of para-hydroxylation sites is 1. The molecule has 1 unspecified atom stereocenters. The Balaban J connectivity index is 2.12. The summed E-state index contributed by atoms with van der Waals surface area (Å²) in [6.07, 6.45) is -0.967. The van der Waals surface area contributed by atoms with Crippen LogP contribution in [0.25, 0.3) is 22.2 Å². The fourth-order valence-electron chi connectivity index (χ4n) is 3.10. The maximum Gasteiger partial charge on any atom is 0.227 e. The highest BCUT2D eigenvalue weighted by Gasteiger charge is 2.30. The number of fused-ring (bicyclic) bond motifs is 5. The van der Waals surface area contributed by atoms with Crippen LogP contribution < -0.4 is 9.47 Å². The van der Waals surface area contributed by atoms with Crippen LogP contribution in [0.2, 0.25) is 0 Å². The van der Waals surface area contributed by atoms with Crippen LogP contribution in [0.15, 0.2) is 42.5 Å². The normalized spacial score (nSPS) is 16.2. The van der Waals surface area contributed by atoms with Gasteiger partial charge in [0, 0.05) is 23.5 Å². The standard InChI is InChI=1S/C17H15NO3/c1-18-13-8-7-10(20-2)9-12(13)15-16(18)11-5-3-4-6-14(11)21-17(15)19/h3-9,17,19H,1-2H3. The van der Waals surface area contributed by atoms with Crippen LogP contribution in [-0.2, 0) is 7.05 Å². The number of aliphatic hydroxyl groups is 1. The molecule has 1 aliphatic rings. The third kappa shape index (κ3) is 1.59. The van der Waals surface area contributed by atoms with Crippen LogP contribution in [0, 0.1) is 0 Å². The van der Waals surface area contributed by atoms with Crippen LogP contribution in [0.3, 0.4) is 0 Å². The molecule has 4 rings (SSSR count). The van der Waals surface area contributed by atoms with Crippen LogP contribution in [0.4, 0.5) is 0 Å². The summed E-state index contributed by atoms with van der Waals surface area (Å²) in [5.41, 5.74) is 3.83. The summed E-state index contributed by atoms with van der Waals surface area (Å²) in [7, 11) is 3.64. The molecule has 1 N–H and O–H groups in total. The first-order valence-electron chi connectivity index (χ1n) is 6.81. The molecule has 2 heterocycles. The second-order valence-electron chi connectivity index (χ2n) is 5.17. The number of hydrogen-bond acceptors (Lipinski definition) is 3. The molecular formula is C17H15NO3. The van der Waals surface area contributed by atoms with Gasteiger partial charge in [0.1, 0.15) is 11.5 Å². The van der Waals surface area contributed by atoms with Crippen molar-refractivity contribution in [2.24, 2.45) is 7.05 Å². The largest absolute Gasteiger partial charge is 0.497 e. The van der Waals surface area contributed by atoms with Crippen molar-refractivity contribution in [2.75, 3.05) is 7.11 Å². The molecular weight excluding hydrogens is 266 g/mol. The van der Waals surface area contributed by atoms with E-state index in [1.165, 1.54) is 0 Å². The Morgan fingerprint density at radius 3 is 2.81 bits per heavy atom. The zero-order valence-corrected chi connectivity index (χ0v) is 11.8. The molecule has 0 aliphatic carbocycles. The smallest absolute Gasteiger partial charge is 0.227 e. The Bertz CT molecular complexity index is 851. The van der Waals surface area contributed by atoms with Gasteiger partial charge < -0.3 is 19.1 Å². The van der Waals surface area contributed by atoms with E-state index in [-0.39, 0.29) is 0 Å². The van der Waals surface area contributed by atoms with Crippen molar-refractivity contribution in [2.45, 2.75) is 6.29 Å². The van der Waals surface area contributed by atoms with Gasteiger partial charge in [-0.1, -0.05) is 12.1 Å². The monoisotopic (exact) mass is 281 g/mol. The Kier molecular flexibility index (Phi) is 2.50. The molecule has 0 saturated carbocycles. The Hall–Kier alpha value is -2.46. The van der Waals surface area contributed by atoms with Crippen molar-refractivity contribution >= 4 is 10.9 Å². The average Bonchev–Trinajstić information content (AvgIpc) is 2.81. The number of benzene rings is 2. The summed E-state index contributed by atoms with van der Waals surface area (Å²) in [6.45, 7) is 0. The Morgan fingerprint density at radius 1 is 1.19 bits per heavy atom. The van der Waals surface area contributed by atoms with E-state index in [1.54, 1.807) is 7.11 Å². The zero-order chi connectivity index (χ0) is 14.6. The molecule has 0 bridgehead atoms. The number of ether oxygens (including phenoxy) is 2. The molecule has 4 nitrogen and oxygen atoms in total. The molecule has 1 atom stereocenters. The summed E-state index contributed by atoms with van der Waals surface area (Å²) in [6, 6.07) is 13.6. The van der Waals surface area contributed by atoms with Crippen molar-refractivity contribution < 1.29 is 14.6 Å². The van der Waals surface area contributed by atoms with Crippen molar-refractivity contribution in [3.63, 3.8) is 0 Å². The Labute approximate surface area is 122 Å². The van der Waals surface area contributed by atoms with E-state index in [4.69, 9.17) is 9.47 Å².